The summed E-state index contributed by atoms with van der Waals surface area (Å²) in [4.78, 5) is 4.62. The zero-order chi connectivity index (χ0) is 18.4. The number of rotatable bonds is 5. The van der Waals surface area contributed by atoms with E-state index in [2.05, 4.69) is 16.4 Å². The van der Waals surface area contributed by atoms with Gasteiger partial charge in [-0.15, -0.1) is 0 Å². The number of hydrogen-bond donors (Lipinski definition) is 2. The average molecular weight is 374 g/mol. The molecule has 3 N–H and O–H groups in total. The lowest BCUT2D eigenvalue weighted by molar-refractivity contribution is 0.0531. The van der Waals surface area contributed by atoms with Crippen LogP contribution in [0.25, 0.3) is 0 Å². The molecule has 5 nitrogen and oxygen atoms in total. The number of methoxy groups -OCH3 is 1. The molecule has 0 atom stereocenters. The maximum atomic E-state index is 6.21. The predicted molar refractivity (Wildman–Crippen MR) is 106 cm³/mol. The Balaban J connectivity index is 1.75. The van der Waals surface area contributed by atoms with Gasteiger partial charge in [0.2, 0.25) is 0 Å². The summed E-state index contributed by atoms with van der Waals surface area (Å²) in [5.74, 6) is 1.19. The minimum absolute atomic E-state index is 0.102. The molecule has 0 aliphatic carbocycles. The fraction of sp³-hybridized carbons (Fsp3) is 0.350. The SMILES string of the molecule is COc1ccc(NC(N)=NCC2(c3cccc(Cl)c3)CCOCC2)cc1. The van der Waals surface area contributed by atoms with Gasteiger partial charge in [0, 0.05) is 29.3 Å². The molecule has 0 spiro atoms. The molecule has 3 rings (SSSR count). The van der Waals surface area contributed by atoms with E-state index in [9.17, 15) is 0 Å². The van der Waals surface area contributed by atoms with E-state index in [0.717, 1.165) is 29.3 Å². The van der Waals surface area contributed by atoms with Crippen molar-refractivity contribution in [3.8, 4) is 5.75 Å². The maximum Gasteiger partial charge on any atom is 0.193 e. The number of anilines is 1. The first kappa shape index (κ1) is 18.5. The van der Waals surface area contributed by atoms with Crippen LogP contribution >= 0.6 is 11.6 Å². The average Bonchev–Trinajstić information content (AvgIpc) is 2.68. The fourth-order valence-corrected chi connectivity index (χ4v) is 3.41. The first-order valence-electron chi connectivity index (χ1n) is 8.66. The highest BCUT2D eigenvalue weighted by Crippen LogP contribution is 2.36. The molecule has 1 fully saturated rings. The van der Waals surface area contributed by atoms with Gasteiger partial charge in [-0.3, -0.25) is 4.99 Å². The molecule has 0 bridgehead atoms. The van der Waals surface area contributed by atoms with E-state index < -0.39 is 0 Å². The number of nitrogens with one attached hydrogen (secondary N) is 1. The molecule has 0 radical (unpaired) electrons. The van der Waals surface area contributed by atoms with Gasteiger partial charge >= 0.3 is 0 Å². The second-order valence-electron chi connectivity index (χ2n) is 6.46. The van der Waals surface area contributed by atoms with Crippen LogP contribution in [0.5, 0.6) is 5.75 Å². The van der Waals surface area contributed by atoms with Crippen molar-refractivity contribution in [1.29, 1.82) is 0 Å². The summed E-state index contributed by atoms with van der Waals surface area (Å²) < 4.78 is 10.7. The molecular weight excluding hydrogens is 350 g/mol. The summed E-state index contributed by atoms with van der Waals surface area (Å²) >= 11 is 6.21. The summed E-state index contributed by atoms with van der Waals surface area (Å²) in [5.41, 5.74) is 8.07. The molecule has 2 aromatic rings. The van der Waals surface area contributed by atoms with Crippen LogP contribution < -0.4 is 15.8 Å². The van der Waals surface area contributed by atoms with Crippen LogP contribution in [0.1, 0.15) is 18.4 Å². The summed E-state index contributed by atoms with van der Waals surface area (Å²) in [6.07, 6.45) is 1.79. The zero-order valence-electron chi connectivity index (χ0n) is 14.9. The molecule has 0 saturated carbocycles. The fourth-order valence-electron chi connectivity index (χ4n) is 3.22. The minimum atomic E-state index is -0.102. The topological polar surface area (TPSA) is 68.9 Å². The molecule has 138 valence electrons. The van der Waals surface area contributed by atoms with Crippen molar-refractivity contribution in [2.45, 2.75) is 18.3 Å². The Hall–Kier alpha value is -2.24. The predicted octanol–water partition coefficient (Wildman–Crippen LogP) is 3.82. The Morgan fingerprint density at radius 1 is 1.23 bits per heavy atom. The molecule has 6 heteroatoms. The van der Waals surface area contributed by atoms with E-state index in [4.69, 9.17) is 26.8 Å². The second-order valence-corrected chi connectivity index (χ2v) is 6.89. The third-order valence-electron chi connectivity index (χ3n) is 4.80. The molecule has 26 heavy (non-hydrogen) atoms. The third-order valence-corrected chi connectivity index (χ3v) is 5.04. The summed E-state index contributed by atoms with van der Waals surface area (Å²) in [5, 5.41) is 3.87. The van der Waals surface area contributed by atoms with Crippen molar-refractivity contribution in [2.24, 2.45) is 10.7 Å². The molecule has 1 heterocycles. The van der Waals surface area contributed by atoms with Gasteiger partial charge in [-0.2, -0.15) is 0 Å². The lowest BCUT2D eigenvalue weighted by Crippen LogP contribution is -2.38. The van der Waals surface area contributed by atoms with Crippen molar-refractivity contribution >= 4 is 23.2 Å². The molecule has 1 aliphatic heterocycles. The number of nitrogens with zero attached hydrogens (tertiary/aromatic N) is 1. The molecule has 2 aromatic carbocycles. The van der Waals surface area contributed by atoms with E-state index in [1.165, 1.54) is 5.56 Å². The Bertz CT molecular complexity index is 756. The summed E-state index contributed by atoms with van der Waals surface area (Å²) in [6.45, 7) is 2.02. The monoisotopic (exact) mass is 373 g/mol. The van der Waals surface area contributed by atoms with Crippen LogP contribution in [0.2, 0.25) is 5.02 Å². The number of guanidine groups is 1. The van der Waals surface area contributed by atoms with Crippen molar-refractivity contribution in [2.75, 3.05) is 32.2 Å². The van der Waals surface area contributed by atoms with Gasteiger partial charge in [-0.05, 0) is 54.8 Å². The van der Waals surface area contributed by atoms with Gasteiger partial charge in [-0.25, -0.2) is 0 Å². The molecule has 1 aliphatic rings. The Kier molecular flexibility index (Phi) is 6.01. The molecular formula is C20H24ClN3O2. The molecule has 0 aromatic heterocycles. The van der Waals surface area contributed by atoms with Gasteiger partial charge in [0.1, 0.15) is 5.75 Å². The van der Waals surface area contributed by atoms with E-state index >= 15 is 0 Å². The van der Waals surface area contributed by atoms with E-state index in [0.29, 0.717) is 25.7 Å². The first-order chi connectivity index (χ1) is 12.6. The van der Waals surface area contributed by atoms with Crippen LogP contribution in [0.4, 0.5) is 5.69 Å². The smallest absolute Gasteiger partial charge is 0.193 e. The lowest BCUT2D eigenvalue weighted by atomic mass is 9.74. The van der Waals surface area contributed by atoms with Crippen LogP contribution in [0, 0.1) is 0 Å². The standard InChI is InChI=1S/C20H24ClN3O2/c1-25-18-7-5-17(6-8-18)24-19(22)23-14-20(9-11-26-12-10-20)15-3-2-4-16(21)13-15/h2-8,13H,9-12,14H2,1H3,(H3,22,23,24). The number of aliphatic imine (C=N–C) groups is 1. The van der Waals surface area contributed by atoms with Crippen LogP contribution in [-0.2, 0) is 10.2 Å². The van der Waals surface area contributed by atoms with Gasteiger partial charge in [0.15, 0.2) is 5.96 Å². The van der Waals surface area contributed by atoms with E-state index in [1.807, 2.05) is 42.5 Å². The van der Waals surface area contributed by atoms with Crippen molar-refractivity contribution in [3.63, 3.8) is 0 Å². The van der Waals surface area contributed by atoms with Crippen LogP contribution in [0.15, 0.2) is 53.5 Å². The highest BCUT2D eigenvalue weighted by molar-refractivity contribution is 6.30. The highest BCUT2D eigenvalue weighted by Gasteiger charge is 2.34. The lowest BCUT2D eigenvalue weighted by Gasteiger charge is -2.36. The quantitative estimate of drug-likeness (QED) is 0.617. The van der Waals surface area contributed by atoms with E-state index in [1.54, 1.807) is 7.11 Å². The number of ether oxygens (including phenoxy) is 2. The highest BCUT2D eigenvalue weighted by atomic mass is 35.5. The normalized spacial score (nSPS) is 16.9. The van der Waals surface area contributed by atoms with Gasteiger partial charge in [0.25, 0.3) is 0 Å². The number of halogens is 1. The molecule has 0 unspecified atom stereocenters. The Morgan fingerprint density at radius 3 is 2.62 bits per heavy atom. The van der Waals surface area contributed by atoms with Crippen molar-refractivity contribution in [3.05, 3.63) is 59.1 Å². The number of benzene rings is 2. The van der Waals surface area contributed by atoms with Gasteiger partial charge in [0.05, 0.1) is 13.7 Å². The summed E-state index contributed by atoms with van der Waals surface area (Å²) in [7, 11) is 1.64. The largest absolute Gasteiger partial charge is 0.497 e. The zero-order valence-corrected chi connectivity index (χ0v) is 15.6. The van der Waals surface area contributed by atoms with E-state index in [-0.39, 0.29) is 5.41 Å². The van der Waals surface area contributed by atoms with Crippen molar-refractivity contribution in [1.82, 2.24) is 0 Å². The van der Waals surface area contributed by atoms with Gasteiger partial charge in [-0.1, -0.05) is 23.7 Å². The third kappa shape index (κ3) is 4.48. The summed E-state index contributed by atoms with van der Waals surface area (Å²) in [6, 6.07) is 15.6. The molecule has 1 saturated heterocycles. The van der Waals surface area contributed by atoms with Crippen LogP contribution in [-0.4, -0.2) is 32.8 Å². The number of nitrogens with two attached hydrogens (primary N) is 1. The van der Waals surface area contributed by atoms with Gasteiger partial charge < -0.3 is 20.5 Å². The minimum Gasteiger partial charge on any atom is -0.497 e. The van der Waals surface area contributed by atoms with Crippen molar-refractivity contribution < 1.29 is 9.47 Å². The maximum absolute atomic E-state index is 6.21. The second kappa shape index (κ2) is 8.43. The first-order valence-corrected chi connectivity index (χ1v) is 9.04. The number of hydrogen-bond acceptors (Lipinski definition) is 3. The molecule has 0 amide bonds. The Labute approximate surface area is 159 Å². The van der Waals surface area contributed by atoms with Crippen LogP contribution in [0.3, 0.4) is 0 Å². The Morgan fingerprint density at radius 2 is 1.96 bits per heavy atom.